The van der Waals surface area contributed by atoms with Crippen molar-refractivity contribution in [2.24, 2.45) is 0 Å². The Morgan fingerprint density at radius 3 is 2.50 bits per heavy atom. The van der Waals surface area contributed by atoms with Crippen molar-refractivity contribution in [2.45, 2.75) is 32.3 Å². The molecule has 3 rings (SSSR count). The van der Waals surface area contributed by atoms with Crippen molar-refractivity contribution >= 4 is 11.9 Å². The van der Waals surface area contributed by atoms with Gasteiger partial charge < -0.3 is 19.5 Å². The molecule has 0 saturated carbocycles. The number of hydrogen-bond acceptors (Lipinski definition) is 4. The number of likely N-dealkylation sites (tertiary alicyclic amines) is 1. The first-order valence-corrected chi connectivity index (χ1v) is 9.24. The van der Waals surface area contributed by atoms with Gasteiger partial charge in [0.25, 0.3) is 5.91 Å². The van der Waals surface area contributed by atoms with Crippen LogP contribution in [0.15, 0.2) is 48.5 Å². The summed E-state index contributed by atoms with van der Waals surface area (Å²) < 4.78 is 11.3. The summed E-state index contributed by atoms with van der Waals surface area (Å²) in [6, 6.07) is 14.6. The normalized spacial score (nSPS) is 14.3. The summed E-state index contributed by atoms with van der Waals surface area (Å²) in [6.07, 6.45) is -0.0427. The van der Waals surface area contributed by atoms with Crippen molar-refractivity contribution in [3.05, 3.63) is 59.7 Å². The molecule has 2 aromatic carbocycles. The number of nitrogens with zero attached hydrogens (tertiary/aromatic N) is 1. The zero-order valence-electron chi connectivity index (χ0n) is 16.3. The fraction of sp³-hybridized carbons (Fsp3) is 0.364. The van der Waals surface area contributed by atoms with Gasteiger partial charge in [-0.05, 0) is 35.2 Å². The molecule has 148 valence electrons. The Bertz CT molecular complexity index is 865. The van der Waals surface area contributed by atoms with Crippen molar-refractivity contribution < 1.29 is 24.2 Å². The number of carboxylic acids is 1. The molecule has 6 heteroatoms. The van der Waals surface area contributed by atoms with E-state index in [1.165, 1.54) is 0 Å². The Hall–Kier alpha value is -3.02. The maximum absolute atomic E-state index is 12.6. The Kier molecular flexibility index (Phi) is 5.58. The molecule has 0 bridgehead atoms. The molecular weight excluding hydrogens is 358 g/mol. The Morgan fingerprint density at radius 2 is 1.82 bits per heavy atom. The van der Waals surface area contributed by atoms with Crippen LogP contribution in [0, 0.1) is 0 Å². The number of carbonyl (C=O) groups excluding carboxylic acids is 1. The number of rotatable bonds is 6. The molecule has 1 aliphatic heterocycles. The Balaban J connectivity index is 1.59. The molecule has 28 heavy (non-hydrogen) atoms. The van der Waals surface area contributed by atoms with Gasteiger partial charge in [-0.3, -0.25) is 4.79 Å². The van der Waals surface area contributed by atoms with Crippen LogP contribution in [0.1, 0.15) is 36.7 Å². The van der Waals surface area contributed by atoms with E-state index >= 15 is 0 Å². The molecule has 0 aromatic heterocycles. The molecule has 0 aliphatic carbocycles. The van der Waals surface area contributed by atoms with Crippen molar-refractivity contribution in [1.29, 1.82) is 0 Å². The second-order valence-corrected chi connectivity index (χ2v) is 7.91. The Labute approximate surface area is 164 Å². The van der Waals surface area contributed by atoms with Gasteiger partial charge in [0, 0.05) is 5.56 Å². The van der Waals surface area contributed by atoms with E-state index in [1.807, 2.05) is 18.2 Å². The lowest BCUT2D eigenvalue weighted by Gasteiger charge is -2.40. The molecule has 2 aromatic rings. The number of benzene rings is 2. The van der Waals surface area contributed by atoms with E-state index in [4.69, 9.17) is 14.6 Å². The molecule has 1 fully saturated rings. The van der Waals surface area contributed by atoms with Crippen molar-refractivity contribution in [3.63, 3.8) is 0 Å². The van der Waals surface area contributed by atoms with Gasteiger partial charge in [0.1, 0.15) is 17.6 Å². The molecule has 6 nitrogen and oxygen atoms in total. The largest absolute Gasteiger partial charge is 0.486 e. The van der Waals surface area contributed by atoms with Crippen LogP contribution in [0.3, 0.4) is 0 Å². The van der Waals surface area contributed by atoms with Crippen LogP contribution >= 0.6 is 0 Å². The minimum absolute atomic E-state index is 0.0216. The second-order valence-electron chi connectivity index (χ2n) is 7.91. The highest BCUT2D eigenvalue weighted by Gasteiger charge is 2.34. The quantitative estimate of drug-likeness (QED) is 0.828. The molecule has 1 saturated heterocycles. The van der Waals surface area contributed by atoms with Gasteiger partial charge in [0.2, 0.25) is 0 Å². The maximum Gasteiger partial charge on any atom is 0.341 e. The van der Waals surface area contributed by atoms with Crippen LogP contribution in [-0.2, 0) is 10.2 Å². The standard InChI is InChI=1S/C22H25NO5/c1-22(2,3)18-9-4-5-10-19(18)28-17-12-23(13-17)21(26)15-7-6-8-16(11-15)27-14-20(24)25/h4-11,17H,12-14H2,1-3H3,(H,24,25). The Morgan fingerprint density at radius 1 is 1.11 bits per heavy atom. The smallest absolute Gasteiger partial charge is 0.341 e. The lowest BCUT2D eigenvalue weighted by Crippen LogP contribution is -2.56. The molecule has 1 aliphatic rings. The maximum atomic E-state index is 12.6. The van der Waals surface area contributed by atoms with Gasteiger partial charge >= 0.3 is 5.97 Å². The summed E-state index contributed by atoms with van der Waals surface area (Å²) in [5.41, 5.74) is 1.59. The molecular formula is C22H25NO5. The van der Waals surface area contributed by atoms with Crippen LogP contribution in [0.2, 0.25) is 0 Å². The van der Waals surface area contributed by atoms with Gasteiger partial charge in [0.05, 0.1) is 13.1 Å². The summed E-state index contributed by atoms with van der Waals surface area (Å²) in [5.74, 6) is 0.0385. The van der Waals surface area contributed by atoms with E-state index in [1.54, 1.807) is 29.2 Å². The van der Waals surface area contributed by atoms with Crippen LogP contribution in [-0.4, -0.2) is 47.7 Å². The molecule has 1 heterocycles. The van der Waals surface area contributed by atoms with Gasteiger partial charge in [-0.15, -0.1) is 0 Å². The fourth-order valence-electron chi connectivity index (χ4n) is 3.09. The molecule has 1 amide bonds. The predicted molar refractivity (Wildman–Crippen MR) is 105 cm³/mol. The zero-order valence-corrected chi connectivity index (χ0v) is 16.3. The van der Waals surface area contributed by atoms with E-state index in [-0.39, 0.29) is 17.4 Å². The average molecular weight is 383 g/mol. The number of aliphatic carboxylic acids is 1. The van der Waals surface area contributed by atoms with E-state index in [0.29, 0.717) is 24.4 Å². The van der Waals surface area contributed by atoms with Gasteiger partial charge in [-0.1, -0.05) is 45.0 Å². The van der Waals surface area contributed by atoms with Crippen LogP contribution in [0.5, 0.6) is 11.5 Å². The number of carboxylic acid groups (broad SMARTS) is 1. The third kappa shape index (κ3) is 4.63. The molecule has 0 radical (unpaired) electrons. The topological polar surface area (TPSA) is 76.1 Å². The third-order valence-electron chi connectivity index (χ3n) is 4.57. The van der Waals surface area contributed by atoms with Crippen molar-refractivity contribution in [1.82, 2.24) is 4.90 Å². The molecule has 0 atom stereocenters. The molecule has 0 unspecified atom stereocenters. The SMILES string of the molecule is CC(C)(C)c1ccccc1OC1CN(C(=O)c2cccc(OCC(=O)O)c2)C1. The van der Waals surface area contributed by atoms with E-state index in [2.05, 4.69) is 26.8 Å². The third-order valence-corrected chi connectivity index (χ3v) is 4.57. The lowest BCUT2D eigenvalue weighted by atomic mass is 9.86. The summed E-state index contributed by atoms with van der Waals surface area (Å²) >= 11 is 0. The average Bonchev–Trinajstić information content (AvgIpc) is 2.62. The van der Waals surface area contributed by atoms with Crippen LogP contribution < -0.4 is 9.47 Å². The van der Waals surface area contributed by atoms with Gasteiger partial charge in [-0.2, -0.15) is 0 Å². The van der Waals surface area contributed by atoms with Gasteiger partial charge in [-0.25, -0.2) is 4.79 Å². The predicted octanol–water partition coefficient (Wildman–Crippen LogP) is 3.35. The number of hydrogen-bond donors (Lipinski definition) is 1. The fourth-order valence-corrected chi connectivity index (χ4v) is 3.09. The minimum atomic E-state index is -1.06. The number of carbonyl (C=O) groups is 2. The van der Waals surface area contributed by atoms with Gasteiger partial charge in [0.15, 0.2) is 6.61 Å². The van der Waals surface area contributed by atoms with E-state index in [0.717, 1.165) is 11.3 Å². The highest BCUT2D eigenvalue weighted by Crippen LogP contribution is 2.32. The summed E-state index contributed by atoms with van der Waals surface area (Å²) in [4.78, 5) is 25.0. The highest BCUT2D eigenvalue weighted by atomic mass is 16.5. The lowest BCUT2D eigenvalue weighted by molar-refractivity contribution is -0.139. The second kappa shape index (κ2) is 7.92. The first kappa shape index (κ1) is 19.7. The monoisotopic (exact) mass is 383 g/mol. The summed E-state index contributed by atoms with van der Waals surface area (Å²) in [5, 5.41) is 8.69. The zero-order chi connectivity index (χ0) is 20.3. The molecule has 0 spiro atoms. The highest BCUT2D eigenvalue weighted by molar-refractivity contribution is 5.95. The minimum Gasteiger partial charge on any atom is -0.486 e. The first-order valence-electron chi connectivity index (χ1n) is 9.24. The number of amides is 1. The summed E-state index contributed by atoms with van der Waals surface area (Å²) in [7, 11) is 0. The van der Waals surface area contributed by atoms with Crippen LogP contribution in [0.25, 0.3) is 0 Å². The number of para-hydroxylation sites is 1. The van der Waals surface area contributed by atoms with E-state index < -0.39 is 12.6 Å². The molecule has 1 N–H and O–H groups in total. The summed E-state index contributed by atoms with van der Waals surface area (Å²) in [6.45, 7) is 7.02. The first-order chi connectivity index (χ1) is 13.2. The van der Waals surface area contributed by atoms with Crippen molar-refractivity contribution in [2.75, 3.05) is 19.7 Å². The van der Waals surface area contributed by atoms with Crippen molar-refractivity contribution in [3.8, 4) is 11.5 Å². The number of ether oxygens (including phenoxy) is 2. The van der Waals surface area contributed by atoms with Crippen LogP contribution in [0.4, 0.5) is 0 Å². The van der Waals surface area contributed by atoms with E-state index in [9.17, 15) is 9.59 Å².